The molecule has 3 aromatic rings. The fourth-order valence-electron chi connectivity index (χ4n) is 3.96. The first kappa shape index (κ1) is 21.4. The Bertz CT molecular complexity index is 938. The SMILES string of the molecule is CCCCN(CCCC)c1ccc2nc3c(C)cc(N(CC)CC)cc3nc2c1. The van der Waals surface area contributed by atoms with Crippen molar-refractivity contribution in [1.82, 2.24) is 9.97 Å². The minimum absolute atomic E-state index is 0.978. The summed E-state index contributed by atoms with van der Waals surface area (Å²) >= 11 is 0. The van der Waals surface area contributed by atoms with Gasteiger partial charge in [-0.05, 0) is 69.5 Å². The molecule has 0 spiro atoms. The first-order valence-electron chi connectivity index (χ1n) is 11.3. The lowest BCUT2D eigenvalue weighted by molar-refractivity contribution is 0.678. The highest BCUT2D eigenvalue weighted by atomic mass is 15.1. The summed E-state index contributed by atoms with van der Waals surface area (Å²) in [6.45, 7) is 15.2. The highest BCUT2D eigenvalue weighted by Gasteiger charge is 2.12. The Morgan fingerprint density at radius 2 is 1.34 bits per heavy atom. The third kappa shape index (κ3) is 4.80. The van der Waals surface area contributed by atoms with Crippen LogP contribution in [0.1, 0.15) is 58.9 Å². The van der Waals surface area contributed by atoms with Crippen molar-refractivity contribution in [2.75, 3.05) is 36.0 Å². The van der Waals surface area contributed by atoms with Crippen LogP contribution in [0.2, 0.25) is 0 Å². The molecule has 0 aliphatic rings. The number of aryl methyl sites for hydroxylation is 1. The van der Waals surface area contributed by atoms with Gasteiger partial charge < -0.3 is 9.80 Å². The summed E-state index contributed by atoms with van der Waals surface area (Å²) in [4.78, 5) is 14.9. The van der Waals surface area contributed by atoms with Crippen molar-refractivity contribution in [1.29, 1.82) is 0 Å². The third-order valence-electron chi connectivity index (χ3n) is 5.75. The maximum Gasteiger partial charge on any atom is 0.0925 e. The first-order chi connectivity index (χ1) is 14.1. The van der Waals surface area contributed by atoms with Gasteiger partial charge in [-0.2, -0.15) is 0 Å². The summed E-state index contributed by atoms with van der Waals surface area (Å²) in [6, 6.07) is 11.0. The van der Waals surface area contributed by atoms with Crippen molar-refractivity contribution < 1.29 is 0 Å². The second-order valence-corrected chi connectivity index (χ2v) is 7.89. The zero-order chi connectivity index (χ0) is 20.8. The van der Waals surface area contributed by atoms with E-state index < -0.39 is 0 Å². The summed E-state index contributed by atoms with van der Waals surface area (Å²) in [5.74, 6) is 0. The second kappa shape index (κ2) is 9.91. The Morgan fingerprint density at radius 1 is 0.690 bits per heavy atom. The standard InChI is InChI=1S/C25H36N4/c1-6-10-14-29(15-11-7-2)20-12-13-22-23(17-20)26-24-18-21(28(8-3)9-4)16-19(5)25(24)27-22/h12-13,16-18H,6-11,14-15H2,1-5H3. The topological polar surface area (TPSA) is 32.3 Å². The Kier molecular flexibility index (Phi) is 7.29. The average Bonchev–Trinajstić information content (AvgIpc) is 2.73. The number of hydrogen-bond donors (Lipinski definition) is 0. The lowest BCUT2D eigenvalue weighted by atomic mass is 10.1. The maximum atomic E-state index is 5.04. The predicted molar refractivity (Wildman–Crippen MR) is 127 cm³/mol. The van der Waals surface area contributed by atoms with E-state index in [9.17, 15) is 0 Å². The van der Waals surface area contributed by atoms with Crippen LogP contribution in [0.3, 0.4) is 0 Å². The van der Waals surface area contributed by atoms with E-state index in [1.807, 2.05) is 0 Å². The van der Waals surface area contributed by atoms with Gasteiger partial charge in [0.15, 0.2) is 0 Å². The molecule has 0 unspecified atom stereocenters. The van der Waals surface area contributed by atoms with Gasteiger partial charge in [-0.15, -0.1) is 0 Å². The Hall–Kier alpha value is -2.36. The van der Waals surface area contributed by atoms with Crippen LogP contribution in [0.25, 0.3) is 22.1 Å². The number of anilines is 2. The average molecular weight is 393 g/mol. The maximum absolute atomic E-state index is 5.04. The molecule has 2 aromatic carbocycles. The highest BCUT2D eigenvalue weighted by molar-refractivity contribution is 5.91. The van der Waals surface area contributed by atoms with Crippen LogP contribution in [0, 0.1) is 6.92 Å². The molecule has 0 amide bonds. The van der Waals surface area contributed by atoms with Crippen molar-refractivity contribution in [3.8, 4) is 0 Å². The summed E-state index contributed by atoms with van der Waals surface area (Å²) in [6.07, 6.45) is 4.87. The number of hydrogen-bond acceptors (Lipinski definition) is 4. The van der Waals surface area contributed by atoms with E-state index in [0.29, 0.717) is 0 Å². The Balaban J connectivity index is 2.05. The quantitative estimate of drug-likeness (QED) is 0.377. The minimum Gasteiger partial charge on any atom is -0.372 e. The van der Waals surface area contributed by atoms with Gasteiger partial charge in [0.1, 0.15) is 0 Å². The van der Waals surface area contributed by atoms with E-state index in [1.165, 1.54) is 42.6 Å². The molecule has 0 aliphatic heterocycles. The Labute approximate surface area is 175 Å². The Morgan fingerprint density at radius 3 is 1.97 bits per heavy atom. The zero-order valence-electron chi connectivity index (χ0n) is 18.8. The molecule has 4 nitrogen and oxygen atoms in total. The van der Waals surface area contributed by atoms with Crippen LogP contribution < -0.4 is 9.80 Å². The van der Waals surface area contributed by atoms with E-state index in [-0.39, 0.29) is 0 Å². The van der Waals surface area contributed by atoms with Crippen molar-refractivity contribution >= 4 is 33.4 Å². The molecule has 1 heterocycles. The number of rotatable bonds is 10. The summed E-state index contributed by atoms with van der Waals surface area (Å²) in [5.41, 5.74) is 7.66. The smallest absolute Gasteiger partial charge is 0.0925 e. The molecule has 0 N–H and O–H groups in total. The largest absolute Gasteiger partial charge is 0.372 e. The lowest BCUT2D eigenvalue weighted by Crippen LogP contribution is -2.25. The number of aromatic nitrogens is 2. The molecular formula is C25H36N4. The van der Waals surface area contributed by atoms with Crippen LogP contribution in [-0.2, 0) is 0 Å². The van der Waals surface area contributed by atoms with Crippen molar-refractivity contribution in [3.63, 3.8) is 0 Å². The molecule has 0 saturated carbocycles. The van der Waals surface area contributed by atoms with Crippen molar-refractivity contribution in [2.45, 2.75) is 60.3 Å². The lowest BCUT2D eigenvalue weighted by Gasteiger charge is -2.25. The third-order valence-corrected chi connectivity index (χ3v) is 5.75. The molecule has 0 fully saturated rings. The van der Waals surface area contributed by atoms with E-state index in [1.54, 1.807) is 0 Å². The monoisotopic (exact) mass is 392 g/mol. The van der Waals surface area contributed by atoms with Gasteiger partial charge in [-0.25, -0.2) is 9.97 Å². The fraction of sp³-hybridized carbons (Fsp3) is 0.520. The predicted octanol–water partition coefficient (Wildman–Crippen LogP) is 6.34. The molecule has 3 rings (SSSR count). The van der Waals surface area contributed by atoms with Gasteiger partial charge in [0, 0.05) is 37.6 Å². The summed E-state index contributed by atoms with van der Waals surface area (Å²) in [7, 11) is 0. The minimum atomic E-state index is 0.978. The van der Waals surface area contributed by atoms with E-state index in [2.05, 4.69) is 74.8 Å². The van der Waals surface area contributed by atoms with Gasteiger partial charge in [0.05, 0.1) is 22.1 Å². The van der Waals surface area contributed by atoms with Gasteiger partial charge in [0.25, 0.3) is 0 Å². The molecule has 0 saturated heterocycles. The van der Waals surface area contributed by atoms with E-state index in [4.69, 9.17) is 9.97 Å². The number of nitrogens with zero attached hydrogens (tertiary/aromatic N) is 4. The van der Waals surface area contributed by atoms with Gasteiger partial charge in [0.2, 0.25) is 0 Å². The first-order valence-corrected chi connectivity index (χ1v) is 11.3. The van der Waals surface area contributed by atoms with Crippen LogP contribution in [-0.4, -0.2) is 36.1 Å². The zero-order valence-corrected chi connectivity index (χ0v) is 18.8. The summed E-state index contributed by atoms with van der Waals surface area (Å²) < 4.78 is 0. The van der Waals surface area contributed by atoms with Gasteiger partial charge in [-0.1, -0.05) is 26.7 Å². The van der Waals surface area contributed by atoms with E-state index >= 15 is 0 Å². The van der Waals surface area contributed by atoms with Crippen molar-refractivity contribution in [2.24, 2.45) is 0 Å². The number of unbranched alkanes of at least 4 members (excludes halogenated alkanes) is 2. The molecule has 4 heteroatoms. The van der Waals surface area contributed by atoms with Crippen molar-refractivity contribution in [3.05, 3.63) is 35.9 Å². The summed E-state index contributed by atoms with van der Waals surface area (Å²) in [5, 5.41) is 0. The second-order valence-electron chi connectivity index (χ2n) is 7.89. The van der Waals surface area contributed by atoms with Crippen LogP contribution >= 0.6 is 0 Å². The molecule has 156 valence electrons. The molecule has 0 atom stereocenters. The number of fused-ring (bicyclic) bond motifs is 2. The molecule has 29 heavy (non-hydrogen) atoms. The van der Waals surface area contributed by atoms with Crippen LogP contribution in [0.15, 0.2) is 30.3 Å². The molecule has 0 radical (unpaired) electrons. The number of benzene rings is 2. The highest BCUT2D eigenvalue weighted by Crippen LogP contribution is 2.27. The fourth-order valence-corrected chi connectivity index (χ4v) is 3.96. The van der Waals surface area contributed by atoms with Crippen LogP contribution in [0.5, 0.6) is 0 Å². The molecule has 0 bridgehead atoms. The molecule has 0 aliphatic carbocycles. The molecular weight excluding hydrogens is 356 g/mol. The normalized spacial score (nSPS) is 11.3. The van der Waals surface area contributed by atoms with Gasteiger partial charge >= 0.3 is 0 Å². The van der Waals surface area contributed by atoms with Crippen LogP contribution in [0.4, 0.5) is 11.4 Å². The van der Waals surface area contributed by atoms with Gasteiger partial charge in [-0.3, -0.25) is 0 Å². The molecule has 1 aromatic heterocycles. The van der Waals surface area contributed by atoms with E-state index in [0.717, 1.165) is 48.2 Å².